The molecular weight excluding hydrogens is 445 g/mol. The van der Waals surface area contributed by atoms with Gasteiger partial charge in [0.05, 0.1) is 40.0 Å². The van der Waals surface area contributed by atoms with E-state index in [-0.39, 0.29) is 16.1 Å². The molecule has 1 amide bonds. The van der Waals surface area contributed by atoms with Gasteiger partial charge in [-0.05, 0) is 56.3 Å². The van der Waals surface area contributed by atoms with Gasteiger partial charge in [0.1, 0.15) is 0 Å². The number of carbonyl (C=O) groups is 1. The number of amides is 1. The standard InChI is InChI=1S/C21H23F3N4O3S/c1-4-28(5-2)19-11-8-16(21(22,23)24)12-18(19)26-20(29)14-27(3)32(30,31)17-9-6-15(13-25)7-10-17/h6-12H,4-5,14H2,1-3H3,(H,26,29). The predicted octanol–water partition coefficient (Wildman–Crippen LogP) is 3.68. The topological polar surface area (TPSA) is 93.5 Å². The highest BCUT2D eigenvalue weighted by Crippen LogP contribution is 2.35. The van der Waals surface area contributed by atoms with Gasteiger partial charge in [0.15, 0.2) is 0 Å². The molecule has 2 aromatic rings. The van der Waals surface area contributed by atoms with E-state index in [4.69, 9.17) is 5.26 Å². The smallest absolute Gasteiger partial charge is 0.370 e. The molecule has 11 heteroatoms. The van der Waals surface area contributed by atoms with Crippen LogP contribution in [0.5, 0.6) is 0 Å². The number of nitrogens with zero attached hydrogens (tertiary/aromatic N) is 3. The van der Waals surface area contributed by atoms with Crippen LogP contribution in [0.1, 0.15) is 25.0 Å². The number of alkyl halides is 3. The summed E-state index contributed by atoms with van der Waals surface area (Å²) >= 11 is 0. The number of anilines is 2. The van der Waals surface area contributed by atoms with Crippen LogP contribution < -0.4 is 10.2 Å². The Hall–Kier alpha value is -3.10. The highest BCUT2D eigenvalue weighted by atomic mass is 32.2. The number of hydrogen-bond donors (Lipinski definition) is 1. The van der Waals surface area contributed by atoms with E-state index in [1.165, 1.54) is 37.4 Å². The van der Waals surface area contributed by atoms with Gasteiger partial charge in [0.2, 0.25) is 15.9 Å². The van der Waals surface area contributed by atoms with Crippen molar-refractivity contribution in [3.63, 3.8) is 0 Å². The highest BCUT2D eigenvalue weighted by Gasteiger charge is 2.32. The van der Waals surface area contributed by atoms with Crippen LogP contribution in [0.25, 0.3) is 0 Å². The Morgan fingerprint density at radius 1 is 1.09 bits per heavy atom. The van der Waals surface area contributed by atoms with Crippen molar-refractivity contribution in [2.45, 2.75) is 24.9 Å². The average molecular weight is 469 g/mol. The summed E-state index contributed by atoms with van der Waals surface area (Å²) in [6, 6.07) is 10.1. The number of likely N-dealkylation sites (N-methyl/N-ethyl adjacent to an activating group) is 1. The van der Waals surface area contributed by atoms with Crippen LogP contribution in [-0.4, -0.2) is 45.3 Å². The van der Waals surface area contributed by atoms with Gasteiger partial charge in [-0.15, -0.1) is 0 Å². The van der Waals surface area contributed by atoms with Crippen LogP contribution in [0.3, 0.4) is 0 Å². The summed E-state index contributed by atoms with van der Waals surface area (Å²) in [5, 5.41) is 11.2. The molecule has 0 aliphatic rings. The Kier molecular flexibility index (Phi) is 7.87. The molecule has 0 fully saturated rings. The van der Waals surface area contributed by atoms with Crippen LogP contribution >= 0.6 is 0 Å². The Labute approximate surface area is 185 Å². The summed E-state index contributed by atoms with van der Waals surface area (Å²) in [5.74, 6) is -0.794. The maximum atomic E-state index is 13.2. The van der Waals surface area contributed by atoms with E-state index in [9.17, 15) is 26.4 Å². The lowest BCUT2D eigenvalue weighted by Gasteiger charge is -2.25. The highest BCUT2D eigenvalue weighted by molar-refractivity contribution is 7.89. The first-order valence-corrected chi connectivity index (χ1v) is 11.1. The van der Waals surface area contributed by atoms with Crippen molar-refractivity contribution in [3.8, 4) is 6.07 Å². The number of nitriles is 1. The van der Waals surface area contributed by atoms with E-state index >= 15 is 0 Å². The molecule has 0 spiro atoms. The van der Waals surface area contributed by atoms with E-state index in [2.05, 4.69) is 5.32 Å². The number of nitrogens with one attached hydrogen (secondary N) is 1. The Balaban J connectivity index is 2.28. The first-order chi connectivity index (χ1) is 14.9. The van der Waals surface area contributed by atoms with Gasteiger partial charge < -0.3 is 10.2 Å². The normalized spacial score (nSPS) is 11.8. The minimum Gasteiger partial charge on any atom is -0.370 e. The van der Waals surface area contributed by atoms with E-state index in [0.717, 1.165) is 16.4 Å². The molecule has 0 saturated heterocycles. The summed E-state index contributed by atoms with van der Waals surface area (Å²) in [7, 11) is -2.86. The fourth-order valence-electron chi connectivity index (χ4n) is 3.01. The Morgan fingerprint density at radius 3 is 2.19 bits per heavy atom. The first-order valence-electron chi connectivity index (χ1n) is 9.66. The maximum Gasteiger partial charge on any atom is 0.416 e. The second-order valence-corrected chi connectivity index (χ2v) is 8.89. The summed E-state index contributed by atoms with van der Waals surface area (Å²) in [4.78, 5) is 14.2. The third-order valence-electron chi connectivity index (χ3n) is 4.76. The maximum absolute atomic E-state index is 13.2. The Morgan fingerprint density at radius 2 is 1.69 bits per heavy atom. The Bertz CT molecular complexity index is 1110. The van der Waals surface area contributed by atoms with Crippen molar-refractivity contribution in [1.82, 2.24) is 4.31 Å². The minimum absolute atomic E-state index is 0.0577. The third kappa shape index (κ3) is 5.77. The molecule has 0 radical (unpaired) electrons. The van der Waals surface area contributed by atoms with Crippen LogP contribution in [0.2, 0.25) is 0 Å². The van der Waals surface area contributed by atoms with Crippen molar-refractivity contribution in [2.24, 2.45) is 0 Å². The number of halogens is 3. The second-order valence-electron chi connectivity index (χ2n) is 6.85. The lowest BCUT2D eigenvalue weighted by Crippen LogP contribution is -2.35. The summed E-state index contributed by atoms with van der Waals surface area (Å²) < 4.78 is 65.7. The van der Waals surface area contributed by atoms with Gasteiger partial charge in [0.25, 0.3) is 0 Å². The average Bonchev–Trinajstić information content (AvgIpc) is 2.74. The molecule has 0 bridgehead atoms. The number of sulfonamides is 1. The molecule has 2 rings (SSSR count). The number of benzene rings is 2. The molecule has 0 aliphatic carbocycles. The molecule has 1 N–H and O–H groups in total. The van der Waals surface area contributed by atoms with Gasteiger partial charge in [-0.3, -0.25) is 4.79 Å². The number of carbonyl (C=O) groups excluding carboxylic acids is 1. The number of rotatable bonds is 8. The van der Waals surface area contributed by atoms with Gasteiger partial charge in [-0.1, -0.05) is 0 Å². The van der Waals surface area contributed by atoms with Crippen LogP contribution in [0.4, 0.5) is 24.5 Å². The van der Waals surface area contributed by atoms with E-state index in [1.54, 1.807) is 4.90 Å². The SMILES string of the molecule is CCN(CC)c1ccc(C(F)(F)F)cc1NC(=O)CN(C)S(=O)(=O)c1ccc(C#N)cc1. The predicted molar refractivity (Wildman–Crippen MR) is 115 cm³/mol. The summed E-state index contributed by atoms with van der Waals surface area (Å²) in [6.45, 7) is 4.03. The summed E-state index contributed by atoms with van der Waals surface area (Å²) in [5.41, 5.74) is -0.313. The van der Waals surface area contributed by atoms with Crippen molar-refractivity contribution >= 4 is 27.3 Å². The molecule has 0 aliphatic heterocycles. The zero-order chi connectivity index (χ0) is 24.1. The molecule has 0 heterocycles. The molecule has 172 valence electrons. The van der Waals surface area contributed by atoms with E-state index in [0.29, 0.717) is 18.8 Å². The molecule has 0 unspecified atom stereocenters. The molecular formula is C21H23F3N4O3S. The third-order valence-corrected chi connectivity index (χ3v) is 6.58. The van der Waals surface area contributed by atoms with Gasteiger partial charge in [-0.2, -0.15) is 22.7 Å². The number of hydrogen-bond acceptors (Lipinski definition) is 5. The largest absolute Gasteiger partial charge is 0.416 e. The summed E-state index contributed by atoms with van der Waals surface area (Å²) in [6.07, 6.45) is -4.60. The van der Waals surface area contributed by atoms with Crippen LogP contribution in [-0.2, 0) is 21.0 Å². The first kappa shape index (κ1) is 25.2. The molecule has 32 heavy (non-hydrogen) atoms. The van der Waals surface area contributed by atoms with Crippen molar-refractivity contribution < 1.29 is 26.4 Å². The zero-order valence-corrected chi connectivity index (χ0v) is 18.6. The molecule has 2 aromatic carbocycles. The fourth-order valence-corrected chi connectivity index (χ4v) is 4.14. The molecule has 0 atom stereocenters. The van der Waals surface area contributed by atoms with Gasteiger partial charge >= 0.3 is 6.18 Å². The quantitative estimate of drug-likeness (QED) is 0.638. The van der Waals surface area contributed by atoms with Gasteiger partial charge in [0, 0.05) is 20.1 Å². The van der Waals surface area contributed by atoms with Crippen molar-refractivity contribution in [1.29, 1.82) is 5.26 Å². The van der Waals surface area contributed by atoms with Gasteiger partial charge in [-0.25, -0.2) is 8.42 Å². The zero-order valence-electron chi connectivity index (χ0n) is 17.8. The fraction of sp³-hybridized carbons (Fsp3) is 0.333. The van der Waals surface area contributed by atoms with Crippen LogP contribution in [0.15, 0.2) is 47.4 Å². The lowest BCUT2D eigenvalue weighted by atomic mass is 10.1. The molecule has 0 saturated carbocycles. The van der Waals surface area contributed by atoms with Crippen molar-refractivity contribution in [2.75, 3.05) is 36.9 Å². The van der Waals surface area contributed by atoms with E-state index in [1.807, 2.05) is 19.9 Å². The van der Waals surface area contributed by atoms with Crippen LogP contribution in [0, 0.1) is 11.3 Å². The second kappa shape index (κ2) is 10.0. The monoisotopic (exact) mass is 468 g/mol. The van der Waals surface area contributed by atoms with Crippen molar-refractivity contribution in [3.05, 3.63) is 53.6 Å². The van der Waals surface area contributed by atoms with E-state index < -0.39 is 34.2 Å². The molecule has 7 nitrogen and oxygen atoms in total. The molecule has 0 aromatic heterocycles. The minimum atomic E-state index is -4.60. The lowest BCUT2D eigenvalue weighted by molar-refractivity contribution is -0.137.